The number of nitrogens with one attached hydrogen (secondary N) is 2. The van der Waals surface area contributed by atoms with Crippen molar-refractivity contribution in [2.24, 2.45) is 0 Å². The maximum absolute atomic E-state index is 14.0. The van der Waals surface area contributed by atoms with Gasteiger partial charge in [-0.05, 0) is 37.8 Å². The van der Waals surface area contributed by atoms with Crippen molar-refractivity contribution in [1.82, 2.24) is 15.5 Å². The SMILES string of the molecule is O=C(NCC(F)(F)c1ccc(F)cc1)NC1CC2CCCCN2C1=O. The second kappa shape index (κ2) is 6.93. The first-order valence-corrected chi connectivity index (χ1v) is 8.35. The molecule has 0 aliphatic carbocycles. The molecule has 3 amide bonds. The van der Waals surface area contributed by atoms with Gasteiger partial charge in [-0.1, -0.05) is 12.1 Å². The lowest BCUT2D eigenvalue weighted by atomic mass is 10.0. The lowest BCUT2D eigenvalue weighted by Gasteiger charge is -2.28. The fourth-order valence-electron chi connectivity index (χ4n) is 3.43. The summed E-state index contributed by atoms with van der Waals surface area (Å²) in [4.78, 5) is 25.9. The summed E-state index contributed by atoms with van der Waals surface area (Å²) >= 11 is 0. The molecule has 8 heteroatoms. The fraction of sp³-hybridized carbons (Fsp3) is 0.529. The third-order valence-corrected chi connectivity index (χ3v) is 4.76. The highest BCUT2D eigenvalue weighted by Gasteiger charge is 2.41. The van der Waals surface area contributed by atoms with Crippen molar-refractivity contribution in [3.63, 3.8) is 0 Å². The molecular weight excluding hydrogens is 335 g/mol. The van der Waals surface area contributed by atoms with Crippen LogP contribution >= 0.6 is 0 Å². The lowest BCUT2D eigenvalue weighted by Crippen LogP contribution is -2.48. The van der Waals surface area contributed by atoms with Crippen LogP contribution in [0.4, 0.5) is 18.0 Å². The molecule has 2 aliphatic rings. The Kier molecular flexibility index (Phi) is 4.87. The largest absolute Gasteiger partial charge is 0.338 e. The van der Waals surface area contributed by atoms with E-state index in [-0.39, 0.29) is 17.5 Å². The Labute approximate surface area is 143 Å². The Morgan fingerprint density at radius 1 is 1.24 bits per heavy atom. The van der Waals surface area contributed by atoms with E-state index in [0.29, 0.717) is 13.0 Å². The molecule has 2 N–H and O–H groups in total. The molecule has 5 nitrogen and oxygen atoms in total. The Hall–Kier alpha value is -2.25. The number of carbonyl (C=O) groups excluding carboxylic acids is 2. The zero-order valence-electron chi connectivity index (χ0n) is 13.6. The van der Waals surface area contributed by atoms with Crippen LogP contribution in [0.2, 0.25) is 0 Å². The first kappa shape index (κ1) is 17.6. The van der Waals surface area contributed by atoms with Gasteiger partial charge in [0.25, 0.3) is 5.92 Å². The van der Waals surface area contributed by atoms with Gasteiger partial charge < -0.3 is 15.5 Å². The Bertz CT molecular complexity index is 651. The third kappa shape index (κ3) is 3.88. The molecular formula is C17H20F3N3O2. The summed E-state index contributed by atoms with van der Waals surface area (Å²) in [5, 5.41) is 4.58. The normalized spacial score (nSPS) is 23.3. The minimum absolute atomic E-state index is 0.132. The number of halogens is 3. The minimum Gasteiger partial charge on any atom is -0.338 e. The second-order valence-corrected chi connectivity index (χ2v) is 6.51. The number of benzene rings is 1. The first-order valence-electron chi connectivity index (χ1n) is 8.35. The Morgan fingerprint density at radius 3 is 2.64 bits per heavy atom. The average Bonchev–Trinajstić information content (AvgIpc) is 2.90. The summed E-state index contributed by atoms with van der Waals surface area (Å²) in [6, 6.07) is 2.50. The van der Waals surface area contributed by atoms with E-state index in [0.717, 1.165) is 43.5 Å². The van der Waals surface area contributed by atoms with Gasteiger partial charge in [0.15, 0.2) is 0 Å². The van der Waals surface area contributed by atoms with Crippen LogP contribution in [-0.2, 0) is 10.7 Å². The first-order chi connectivity index (χ1) is 11.9. The lowest BCUT2D eigenvalue weighted by molar-refractivity contribution is -0.131. The quantitative estimate of drug-likeness (QED) is 0.871. The Balaban J connectivity index is 1.52. The molecule has 2 saturated heterocycles. The molecule has 2 aliphatic heterocycles. The number of urea groups is 1. The minimum atomic E-state index is -3.33. The average molecular weight is 355 g/mol. The van der Waals surface area contributed by atoms with Crippen LogP contribution in [0, 0.1) is 5.82 Å². The van der Waals surface area contributed by atoms with Gasteiger partial charge in [0.2, 0.25) is 5.91 Å². The summed E-state index contributed by atoms with van der Waals surface area (Å²) in [5.74, 6) is -4.09. The molecule has 2 unspecified atom stereocenters. The van der Waals surface area contributed by atoms with Crippen molar-refractivity contribution in [3.8, 4) is 0 Å². The van der Waals surface area contributed by atoms with Gasteiger partial charge in [0.05, 0.1) is 6.54 Å². The second-order valence-electron chi connectivity index (χ2n) is 6.51. The summed E-state index contributed by atoms with van der Waals surface area (Å²) in [5.41, 5.74) is -0.386. The number of rotatable bonds is 4. The number of piperidine rings is 1. The van der Waals surface area contributed by atoms with E-state index >= 15 is 0 Å². The molecule has 2 fully saturated rings. The summed E-state index contributed by atoms with van der Waals surface area (Å²) in [7, 11) is 0. The van der Waals surface area contributed by atoms with Crippen LogP contribution in [-0.4, -0.2) is 42.0 Å². The molecule has 25 heavy (non-hydrogen) atoms. The van der Waals surface area contributed by atoms with Crippen molar-refractivity contribution < 1.29 is 22.8 Å². The zero-order chi connectivity index (χ0) is 18.0. The van der Waals surface area contributed by atoms with Crippen molar-refractivity contribution >= 4 is 11.9 Å². The standard InChI is InChI=1S/C17H20F3N3O2/c18-12-6-4-11(5-7-12)17(19,20)10-21-16(25)22-14-9-13-3-1-2-8-23(13)15(14)24/h4-7,13-14H,1-3,8-10H2,(H2,21,22,25). The van der Waals surface area contributed by atoms with Gasteiger partial charge in [-0.15, -0.1) is 0 Å². The third-order valence-electron chi connectivity index (χ3n) is 4.76. The van der Waals surface area contributed by atoms with Gasteiger partial charge in [-0.25, -0.2) is 9.18 Å². The van der Waals surface area contributed by atoms with Crippen molar-refractivity contribution in [3.05, 3.63) is 35.6 Å². The molecule has 2 heterocycles. The van der Waals surface area contributed by atoms with Crippen LogP contribution in [0.1, 0.15) is 31.2 Å². The maximum Gasteiger partial charge on any atom is 0.315 e. The number of fused-ring (bicyclic) bond motifs is 1. The molecule has 0 bridgehead atoms. The number of amides is 3. The molecule has 2 atom stereocenters. The molecule has 0 saturated carbocycles. The van der Waals surface area contributed by atoms with Crippen molar-refractivity contribution in [2.45, 2.75) is 43.7 Å². The number of carbonyl (C=O) groups is 2. The van der Waals surface area contributed by atoms with E-state index in [9.17, 15) is 22.8 Å². The molecule has 0 aromatic heterocycles. The highest BCUT2D eigenvalue weighted by Crippen LogP contribution is 2.29. The molecule has 0 spiro atoms. The van der Waals surface area contributed by atoms with E-state index in [4.69, 9.17) is 0 Å². The predicted octanol–water partition coefficient (Wildman–Crippen LogP) is 2.37. The summed E-state index contributed by atoms with van der Waals surface area (Å²) in [6.45, 7) is -0.246. The van der Waals surface area contributed by atoms with Crippen LogP contribution < -0.4 is 10.6 Å². The van der Waals surface area contributed by atoms with Gasteiger partial charge in [0, 0.05) is 18.2 Å². The van der Waals surface area contributed by atoms with Gasteiger partial charge >= 0.3 is 6.03 Å². The summed E-state index contributed by atoms with van der Waals surface area (Å²) in [6.07, 6.45) is 3.43. The number of alkyl halides is 2. The Morgan fingerprint density at radius 2 is 1.96 bits per heavy atom. The molecule has 3 rings (SSSR count). The number of nitrogens with zero attached hydrogens (tertiary/aromatic N) is 1. The van der Waals surface area contributed by atoms with Crippen molar-refractivity contribution in [2.75, 3.05) is 13.1 Å². The van der Waals surface area contributed by atoms with Crippen LogP contribution in [0.25, 0.3) is 0 Å². The van der Waals surface area contributed by atoms with E-state index in [1.54, 1.807) is 4.90 Å². The summed E-state index contributed by atoms with van der Waals surface area (Å²) < 4.78 is 40.9. The smallest absolute Gasteiger partial charge is 0.315 e. The monoisotopic (exact) mass is 355 g/mol. The molecule has 1 aromatic rings. The zero-order valence-corrected chi connectivity index (χ0v) is 13.6. The number of hydrogen-bond acceptors (Lipinski definition) is 2. The van der Waals surface area contributed by atoms with Crippen LogP contribution in [0.3, 0.4) is 0 Å². The molecule has 136 valence electrons. The van der Waals surface area contributed by atoms with Crippen LogP contribution in [0.5, 0.6) is 0 Å². The van der Waals surface area contributed by atoms with Gasteiger partial charge in [-0.3, -0.25) is 4.79 Å². The maximum atomic E-state index is 14.0. The van der Waals surface area contributed by atoms with Gasteiger partial charge in [0.1, 0.15) is 11.9 Å². The highest BCUT2D eigenvalue weighted by atomic mass is 19.3. The van der Waals surface area contributed by atoms with Crippen LogP contribution in [0.15, 0.2) is 24.3 Å². The van der Waals surface area contributed by atoms with E-state index in [2.05, 4.69) is 10.6 Å². The number of hydrogen-bond donors (Lipinski definition) is 2. The fourth-order valence-corrected chi connectivity index (χ4v) is 3.43. The van der Waals surface area contributed by atoms with Crippen molar-refractivity contribution in [1.29, 1.82) is 0 Å². The predicted molar refractivity (Wildman–Crippen MR) is 84.6 cm³/mol. The van der Waals surface area contributed by atoms with E-state index in [1.807, 2.05) is 0 Å². The topological polar surface area (TPSA) is 61.4 Å². The van der Waals surface area contributed by atoms with E-state index < -0.39 is 30.4 Å². The van der Waals surface area contributed by atoms with E-state index in [1.165, 1.54) is 0 Å². The van der Waals surface area contributed by atoms with Gasteiger partial charge in [-0.2, -0.15) is 8.78 Å². The highest BCUT2D eigenvalue weighted by molar-refractivity contribution is 5.89. The molecule has 1 aromatic carbocycles. The molecule has 0 radical (unpaired) electrons.